The van der Waals surface area contributed by atoms with Crippen molar-refractivity contribution in [3.05, 3.63) is 54.5 Å². The zero-order chi connectivity index (χ0) is 16.8. The molecule has 24 heavy (non-hydrogen) atoms. The van der Waals surface area contributed by atoms with Crippen LogP contribution in [0, 0.1) is 0 Å². The first kappa shape index (κ1) is 16.3. The van der Waals surface area contributed by atoms with Crippen LogP contribution in [0.15, 0.2) is 53.1 Å². The van der Waals surface area contributed by atoms with Gasteiger partial charge in [0.2, 0.25) is 5.91 Å². The Morgan fingerprint density at radius 3 is 2.50 bits per heavy atom. The van der Waals surface area contributed by atoms with E-state index in [2.05, 4.69) is 5.32 Å². The van der Waals surface area contributed by atoms with E-state index in [0.29, 0.717) is 6.54 Å². The molecule has 0 saturated heterocycles. The molecule has 0 unspecified atom stereocenters. The molecule has 1 aliphatic carbocycles. The molecule has 1 fully saturated rings. The quantitative estimate of drug-likeness (QED) is 0.885. The Kier molecular flexibility index (Phi) is 5.31. The maximum Gasteiger partial charge on any atom is 0.286 e. The number of nitrogens with one attached hydrogen (secondary N) is 1. The minimum atomic E-state index is -0.292. The lowest BCUT2D eigenvalue weighted by Crippen LogP contribution is -2.40. The van der Waals surface area contributed by atoms with Gasteiger partial charge in [0.05, 0.1) is 6.26 Å². The van der Waals surface area contributed by atoms with Gasteiger partial charge < -0.3 is 14.6 Å². The lowest BCUT2D eigenvalue weighted by molar-refractivity contribution is -0.119. The molecule has 2 amide bonds. The number of para-hydroxylation sites is 1. The van der Waals surface area contributed by atoms with Crippen molar-refractivity contribution in [1.29, 1.82) is 0 Å². The lowest BCUT2D eigenvalue weighted by atomic mass is 10.1. The minimum Gasteiger partial charge on any atom is -0.459 e. The van der Waals surface area contributed by atoms with Crippen molar-refractivity contribution < 1.29 is 14.0 Å². The summed E-state index contributed by atoms with van der Waals surface area (Å²) >= 11 is 0. The normalized spacial score (nSPS) is 14.5. The van der Waals surface area contributed by atoms with Crippen molar-refractivity contribution in [3.63, 3.8) is 0 Å². The average molecular weight is 326 g/mol. The van der Waals surface area contributed by atoms with Crippen LogP contribution in [0.2, 0.25) is 0 Å². The molecule has 0 bridgehead atoms. The van der Waals surface area contributed by atoms with Crippen molar-refractivity contribution in [2.45, 2.75) is 38.1 Å². The molecule has 1 aliphatic rings. The van der Waals surface area contributed by atoms with Crippen molar-refractivity contribution in [2.24, 2.45) is 0 Å². The number of carbonyl (C=O) groups excluding carboxylic acids is 2. The summed E-state index contributed by atoms with van der Waals surface area (Å²) < 4.78 is 5.04. The number of rotatable bonds is 6. The molecule has 0 spiro atoms. The topological polar surface area (TPSA) is 62.6 Å². The third-order valence-electron chi connectivity index (χ3n) is 4.36. The predicted molar refractivity (Wildman–Crippen MR) is 91.8 cm³/mol. The summed E-state index contributed by atoms with van der Waals surface area (Å²) in [6, 6.07) is 13.3. The molecule has 1 N–H and O–H groups in total. The van der Waals surface area contributed by atoms with Gasteiger partial charge in [-0.1, -0.05) is 31.0 Å². The monoisotopic (exact) mass is 326 g/mol. The van der Waals surface area contributed by atoms with Gasteiger partial charge in [0.1, 0.15) is 0 Å². The van der Waals surface area contributed by atoms with E-state index in [1.165, 1.54) is 6.26 Å². The molecule has 1 saturated carbocycles. The maximum absolute atomic E-state index is 12.7. The van der Waals surface area contributed by atoms with E-state index in [1.54, 1.807) is 12.1 Å². The molecule has 5 heteroatoms. The number of nitrogens with zero attached hydrogens (tertiary/aromatic N) is 1. The lowest BCUT2D eigenvalue weighted by Gasteiger charge is -2.29. The van der Waals surface area contributed by atoms with Crippen LogP contribution in [-0.4, -0.2) is 24.4 Å². The van der Waals surface area contributed by atoms with E-state index < -0.39 is 0 Å². The van der Waals surface area contributed by atoms with Crippen LogP contribution in [0.1, 0.15) is 42.7 Å². The molecule has 1 heterocycles. The molecule has 1 aromatic carbocycles. The predicted octanol–water partition coefficient (Wildman–Crippen LogP) is 3.38. The number of carbonyl (C=O) groups is 2. The summed E-state index contributed by atoms with van der Waals surface area (Å²) in [5, 5.41) is 2.73. The molecule has 0 atom stereocenters. The van der Waals surface area contributed by atoms with Crippen molar-refractivity contribution in [2.75, 3.05) is 11.4 Å². The molecule has 3 rings (SSSR count). The Morgan fingerprint density at radius 1 is 1.08 bits per heavy atom. The van der Waals surface area contributed by atoms with Gasteiger partial charge in [0, 0.05) is 24.7 Å². The summed E-state index contributed by atoms with van der Waals surface area (Å²) in [7, 11) is 0. The number of amides is 2. The van der Waals surface area contributed by atoms with E-state index >= 15 is 0 Å². The van der Waals surface area contributed by atoms with E-state index in [4.69, 9.17) is 4.42 Å². The van der Waals surface area contributed by atoms with E-state index in [0.717, 1.165) is 31.4 Å². The van der Waals surface area contributed by atoms with Crippen molar-refractivity contribution in [1.82, 2.24) is 5.32 Å². The zero-order valence-electron chi connectivity index (χ0n) is 13.6. The number of anilines is 1. The van der Waals surface area contributed by atoms with Gasteiger partial charge in [-0.15, -0.1) is 0 Å². The van der Waals surface area contributed by atoms with Crippen LogP contribution in [0.25, 0.3) is 0 Å². The van der Waals surface area contributed by atoms with Gasteiger partial charge in [-0.05, 0) is 37.1 Å². The highest BCUT2D eigenvalue weighted by atomic mass is 16.3. The smallest absolute Gasteiger partial charge is 0.286 e. The van der Waals surface area contributed by atoms with Crippen molar-refractivity contribution >= 4 is 17.5 Å². The molecule has 0 radical (unpaired) electrons. The fourth-order valence-electron chi connectivity index (χ4n) is 3.21. The van der Waals surface area contributed by atoms with Crippen molar-refractivity contribution in [3.8, 4) is 0 Å². The Balaban J connectivity index is 1.60. The molecule has 126 valence electrons. The second-order valence-corrected chi connectivity index (χ2v) is 6.02. The van der Waals surface area contributed by atoms with Gasteiger partial charge in [-0.3, -0.25) is 9.59 Å². The third-order valence-corrected chi connectivity index (χ3v) is 4.36. The van der Waals surface area contributed by atoms with Gasteiger partial charge in [0.15, 0.2) is 5.76 Å². The third kappa shape index (κ3) is 3.85. The molecule has 1 aromatic heterocycles. The summed E-state index contributed by atoms with van der Waals surface area (Å²) in [6.07, 6.45) is 6.14. The Hall–Kier alpha value is -2.56. The van der Waals surface area contributed by atoms with Gasteiger partial charge in [-0.2, -0.15) is 0 Å². The van der Waals surface area contributed by atoms with E-state index in [9.17, 15) is 9.59 Å². The fraction of sp³-hybridized carbons (Fsp3) is 0.368. The average Bonchev–Trinajstić information content (AvgIpc) is 3.30. The van der Waals surface area contributed by atoms with Crippen LogP contribution in [0.3, 0.4) is 0 Å². The first-order chi connectivity index (χ1) is 11.8. The van der Waals surface area contributed by atoms with Gasteiger partial charge >= 0.3 is 0 Å². The maximum atomic E-state index is 12.7. The molecular weight excluding hydrogens is 304 g/mol. The Bertz CT molecular complexity index is 661. The summed E-state index contributed by atoms with van der Waals surface area (Å²) in [4.78, 5) is 26.5. The number of hydrogen-bond donors (Lipinski definition) is 1. The number of benzene rings is 1. The first-order valence-corrected chi connectivity index (χ1v) is 8.44. The van der Waals surface area contributed by atoms with Crippen LogP contribution < -0.4 is 10.2 Å². The van der Waals surface area contributed by atoms with Crippen LogP contribution in [0.5, 0.6) is 0 Å². The molecule has 5 nitrogen and oxygen atoms in total. The highest BCUT2D eigenvalue weighted by molar-refractivity contribution is 5.95. The van der Waals surface area contributed by atoms with Crippen LogP contribution >= 0.6 is 0 Å². The zero-order valence-corrected chi connectivity index (χ0v) is 13.6. The van der Waals surface area contributed by atoms with Gasteiger partial charge in [-0.25, -0.2) is 0 Å². The summed E-state index contributed by atoms with van der Waals surface area (Å²) in [5.74, 6) is 0.0194. The molecule has 2 aromatic rings. The highest BCUT2D eigenvalue weighted by Gasteiger charge is 2.27. The SMILES string of the molecule is O=C(NCCC(=O)N(c1ccccc1)C1CCCC1)c1ccco1. The molecule has 0 aliphatic heterocycles. The van der Waals surface area contributed by atoms with E-state index in [1.807, 2.05) is 35.2 Å². The highest BCUT2D eigenvalue weighted by Crippen LogP contribution is 2.28. The summed E-state index contributed by atoms with van der Waals surface area (Å²) in [5.41, 5.74) is 0.937. The van der Waals surface area contributed by atoms with E-state index in [-0.39, 0.29) is 30.0 Å². The Labute approximate surface area is 141 Å². The minimum absolute atomic E-state index is 0.0489. The number of furan rings is 1. The number of hydrogen-bond acceptors (Lipinski definition) is 3. The molecular formula is C19H22N2O3. The first-order valence-electron chi connectivity index (χ1n) is 8.44. The Morgan fingerprint density at radius 2 is 1.83 bits per heavy atom. The second kappa shape index (κ2) is 7.81. The van der Waals surface area contributed by atoms with Crippen LogP contribution in [0.4, 0.5) is 5.69 Å². The second-order valence-electron chi connectivity index (χ2n) is 6.02. The van der Waals surface area contributed by atoms with Crippen LogP contribution in [-0.2, 0) is 4.79 Å². The largest absolute Gasteiger partial charge is 0.459 e. The van der Waals surface area contributed by atoms with Gasteiger partial charge in [0.25, 0.3) is 5.91 Å². The standard InChI is InChI=1S/C19H22N2O3/c22-18(12-13-20-19(23)17-11-6-14-24-17)21(16-9-4-5-10-16)15-7-2-1-3-8-15/h1-3,6-8,11,14,16H,4-5,9-10,12-13H2,(H,20,23). The summed E-state index contributed by atoms with van der Waals surface area (Å²) in [6.45, 7) is 0.300. The fourth-order valence-corrected chi connectivity index (χ4v) is 3.21.